The summed E-state index contributed by atoms with van der Waals surface area (Å²) < 4.78 is 4.81. The molecule has 2 fully saturated rings. The molecule has 1 aromatic rings. The predicted octanol–water partition coefficient (Wildman–Crippen LogP) is 1.60. The second kappa shape index (κ2) is 6.59. The van der Waals surface area contributed by atoms with Gasteiger partial charge in [-0.3, -0.25) is 19.7 Å². The van der Waals surface area contributed by atoms with E-state index in [-0.39, 0.29) is 10.8 Å². The Balaban J connectivity index is 2.12. The largest absolute Gasteiger partial charge is 0.468 e. The summed E-state index contributed by atoms with van der Waals surface area (Å²) in [4.78, 5) is 38.3. The fourth-order valence-corrected chi connectivity index (χ4v) is 4.07. The van der Waals surface area contributed by atoms with Gasteiger partial charge in [-0.2, -0.15) is 0 Å². The van der Waals surface area contributed by atoms with Crippen LogP contribution in [0.5, 0.6) is 0 Å². The Hall–Kier alpha value is -2.44. The van der Waals surface area contributed by atoms with Gasteiger partial charge in [0.2, 0.25) is 11.9 Å². The molecule has 1 amide bonds. The molecule has 2 aliphatic rings. The smallest absolute Gasteiger partial charge is 0.319 e. The van der Waals surface area contributed by atoms with E-state index in [0.717, 1.165) is 12.8 Å². The van der Waals surface area contributed by atoms with Crippen LogP contribution in [0.25, 0.3) is 0 Å². The summed E-state index contributed by atoms with van der Waals surface area (Å²) in [6.45, 7) is 0.461. The van der Waals surface area contributed by atoms with Gasteiger partial charge >= 0.3 is 5.97 Å². The third kappa shape index (κ3) is 2.64. The molecule has 2 saturated heterocycles. The second-order valence-corrected chi connectivity index (χ2v) is 6.31. The van der Waals surface area contributed by atoms with Crippen LogP contribution in [-0.4, -0.2) is 47.4 Å². The number of methoxy groups -OCH3 is 1. The van der Waals surface area contributed by atoms with Gasteiger partial charge in [0, 0.05) is 11.5 Å². The highest BCUT2D eigenvalue weighted by atomic mass is 16.6. The summed E-state index contributed by atoms with van der Waals surface area (Å²) in [5, 5.41) is 11.9. The van der Waals surface area contributed by atoms with Gasteiger partial charge < -0.3 is 9.64 Å². The molecule has 3 rings (SSSR count). The number of amides is 1. The Morgan fingerprint density at radius 3 is 2.62 bits per heavy atom. The number of hydrogen-bond acceptors (Lipinski definition) is 5. The molecule has 0 unspecified atom stereocenters. The van der Waals surface area contributed by atoms with Crippen molar-refractivity contribution in [2.45, 2.75) is 37.3 Å². The standard InChI is InChI=1S/C17H20N2O5/c1-24-17(21)14-13(11-7-3-2-4-8-11)15(19(22)23)12-9-5-6-10-18(12)16(14)20/h2-4,7-8,12-15H,5-6,9-10H2,1H3/t12-,13-,14-,15-/m1/s1. The molecule has 0 aromatic heterocycles. The van der Waals surface area contributed by atoms with Crippen LogP contribution in [0.4, 0.5) is 0 Å². The van der Waals surface area contributed by atoms with Gasteiger partial charge in [0.25, 0.3) is 0 Å². The molecular formula is C17H20N2O5. The Bertz CT molecular complexity index is 648. The van der Waals surface area contributed by atoms with Crippen LogP contribution in [0.2, 0.25) is 0 Å². The van der Waals surface area contributed by atoms with Crippen molar-refractivity contribution in [2.75, 3.05) is 13.7 Å². The molecule has 0 saturated carbocycles. The van der Waals surface area contributed by atoms with Crippen LogP contribution in [0.1, 0.15) is 30.7 Å². The Kier molecular flexibility index (Phi) is 4.51. The number of carbonyl (C=O) groups is 2. The lowest BCUT2D eigenvalue weighted by Crippen LogP contribution is -2.63. The van der Waals surface area contributed by atoms with Crippen molar-refractivity contribution in [3.63, 3.8) is 0 Å². The van der Waals surface area contributed by atoms with E-state index < -0.39 is 29.9 Å². The number of piperidine rings is 2. The average Bonchev–Trinajstić information content (AvgIpc) is 2.61. The normalized spacial score (nSPS) is 29.7. The molecule has 4 atom stereocenters. The maximum Gasteiger partial charge on any atom is 0.319 e. The molecule has 2 aliphatic heterocycles. The van der Waals surface area contributed by atoms with E-state index in [1.54, 1.807) is 30.3 Å². The van der Waals surface area contributed by atoms with Crippen molar-refractivity contribution in [3.05, 3.63) is 46.0 Å². The van der Waals surface area contributed by atoms with E-state index >= 15 is 0 Å². The number of hydrogen-bond donors (Lipinski definition) is 0. The van der Waals surface area contributed by atoms with Crippen LogP contribution in [-0.2, 0) is 14.3 Å². The molecule has 128 valence electrons. The SMILES string of the molecule is COC(=O)[C@H]1C(=O)N2CCCC[C@@H]2[C@@H]([N+](=O)[O-])[C@@H]1c1ccccc1. The zero-order valence-electron chi connectivity index (χ0n) is 13.5. The fraction of sp³-hybridized carbons (Fsp3) is 0.529. The molecule has 24 heavy (non-hydrogen) atoms. The molecule has 2 heterocycles. The molecule has 0 N–H and O–H groups in total. The zero-order valence-corrected chi connectivity index (χ0v) is 13.5. The van der Waals surface area contributed by atoms with Crippen LogP contribution in [0, 0.1) is 16.0 Å². The Labute approximate surface area is 139 Å². The van der Waals surface area contributed by atoms with Gasteiger partial charge in [-0.15, -0.1) is 0 Å². The van der Waals surface area contributed by atoms with Crippen LogP contribution in [0.15, 0.2) is 30.3 Å². The second-order valence-electron chi connectivity index (χ2n) is 6.31. The maximum atomic E-state index is 12.9. The molecule has 0 bridgehead atoms. The van der Waals surface area contributed by atoms with E-state index in [4.69, 9.17) is 4.74 Å². The van der Waals surface area contributed by atoms with Crippen molar-refractivity contribution >= 4 is 11.9 Å². The summed E-state index contributed by atoms with van der Waals surface area (Å²) in [5.41, 5.74) is 0.633. The van der Waals surface area contributed by atoms with Gasteiger partial charge in [0.15, 0.2) is 0 Å². The summed E-state index contributed by atoms with van der Waals surface area (Å²) in [6.07, 6.45) is 2.24. The lowest BCUT2D eigenvalue weighted by Gasteiger charge is -2.46. The van der Waals surface area contributed by atoms with Gasteiger partial charge in [-0.1, -0.05) is 30.3 Å². The molecule has 0 radical (unpaired) electrons. The van der Waals surface area contributed by atoms with E-state index in [1.807, 2.05) is 0 Å². The van der Waals surface area contributed by atoms with Crippen molar-refractivity contribution in [2.24, 2.45) is 5.92 Å². The quantitative estimate of drug-likeness (QED) is 0.363. The average molecular weight is 332 g/mol. The van der Waals surface area contributed by atoms with E-state index in [1.165, 1.54) is 12.0 Å². The summed E-state index contributed by atoms with van der Waals surface area (Å²) >= 11 is 0. The first-order valence-electron chi connectivity index (χ1n) is 8.13. The fourth-order valence-electron chi connectivity index (χ4n) is 4.07. The number of benzene rings is 1. The number of ether oxygens (including phenoxy) is 1. The van der Waals surface area contributed by atoms with Crippen LogP contribution < -0.4 is 0 Å². The summed E-state index contributed by atoms with van der Waals surface area (Å²) in [5.74, 6) is -3.02. The Morgan fingerprint density at radius 1 is 1.29 bits per heavy atom. The third-order valence-electron chi connectivity index (χ3n) is 5.10. The summed E-state index contributed by atoms with van der Waals surface area (Å²) in [6, 6.07) is 7.33. The monoisotopic (exact) mass is 332 g/mol. The van der Waals surface area contributed by atoms with E-state index in [2.05, 4.69) is 0 Å². The number of carbonyl (C=O) groups excluding carboxylic acids is 2. The minimum absolute atomic E-state index is 0.330. The van der Waals surface area contributed by atoms with Crippen molar-refractivity contribution in [1.82, 2.24) is 4.90 Å². The van der Waals surface area contributed by atoms with Gasteiger partial charge in [-0.05, 0) is 24.8 Å². The van der Waals surface area contributed by atoms with E-state index in [0.29, 0.717) is 18.5 Å². The topological polar surface area (TPSA) is 89.8 Å². The maximum absolute atomic E-state index is 12.9. The molecule has 1 aromatic carbocycles. The number of nitrogens with zero attached hydrogens (tertiary/aromatic N) is 2. The molecule has 7 nitrogen and oxygen atoms in total. The van der Waals surface area contributed by atoms with E-state index in [9.17, 15) is 19.7 Å². The van der Waals surface area contributed by atoms with Crippen molar-refractivity contribution in [1.29, 1.82) is 0 Å². The summed E-state index contributed by atoms with van der Waals surface area (Å²) in [7, 11) is 1.21. The first-order chi connectivity index (χ1) is 11.6. The Morgan fingerprint density at radius 2 is 2.00 bits per heavy atom. The molecule has 0 spiro atoms. The van der Waals surface area contributed by atoms with Crippen LogP contribution >= 0.6 is 0 Å². The zero-order chi connectivity index (χ0) is 17.3. The molecular weight excluding hydrogens is 312 g/mol. The first-order valence-corrected chi connectivity index (χ1v) is 8.13. The number of fused-ring (bicyclic) bond motifs is 1. The number of nitro groups is 1. The molecule has 0 aliphatic carbocycles. The first kappa shape index (κ1) is 16.4. The highest BCUT2D eigenvalue weighted by Gasteiger charge is 2.58. The minimum Gasteiger partial charge on any atom is -0.468 e. The van der Waals surface area contributed by atoms with Gasteiger partial charge in [-0.25, -0.2) is 0 Å². The predicted molar refractivity (Wildman–Crippen MR) is 84.8 cm³/mol. The lowest BCUT2D eigenvalue weighted by atomic mass is 9.71. The van der Waals surface area contributed by atoms with Crippen LogP contribution in [0.3, 0.4) is 0 Å². The highest BCUT2D eigenvalue weighted by Crippen LogP contribution is 2.42. The van der Waals surface area contributed by atoms with Gasteiger partial charge in [0.1, 0.15) is 5.92 Å². The number of esters is 1. The highest BCUT2D eigenvalue weighted by molar-refractivity contribution is 6.00. The van der Waals surface area contributed by atoms with Crippen molar-refractivity contribution in [3.8, 4) is 0 Å². The third-order valence-corrected chi connectivity index (χ3v) is 5.10. The number of rotatable bonds is 3. The van der Waals surface area contributed by atoms with Gasteiger partial charge in [0.05, 0.1) is 19.1 Å². The minimum atomic E-state index is -1.16. The lowest BCUT2D eigenvalue weighted by molar-refractivity contribution is -0.538. The van der Waals surface area contributed by atoms with Crippen molar-refractivity contribution < 1.29 is 19.2 Å². The molecule has 7 heteroatoms.